The predicted molar refractivity (Wildman–Crippen MR) is 83.9 cm³/mol. The Morgan fingerprint density at radius 3 is 2.00 bits per heavy atom. The minimum Gasteiger partial charge on any atom is -0.0990 e. The van der Waals surface area contributed by atoms with Gasteiger partial charge in [0, 0.05) is 0 Å². The molecule has 1 heteroatoms. The summed E-state index contributed by atoms with van der Waals surface area (Å²) in [6.07, 6.45) is 10.8. The van der Waals surface area contributed by atoms with Gasteiger partial charge in [-0.2, -0.15) is 0 Å². The highest BCUT2D eigenvalue weighted by molar-refractivity contribution is 7.57. The maximum absolute atomic E-state index is 2.61. The van der Waals surface area contributed by atoms with Crippen molar-refractivity contribution in [1.82, 2.24) is 0 Å². The van der Waals surface area contributed by atoms with Crippen molar-refractivity contribution in [2.75, 3.05) is 6.66 Å². The molecule has 0 heterocycles. The first-order valence-electron chi connectivity index (χ1n) is 7.99. The van der Waals surface area contributed by atoms with Crippen LogP contribution in [0.5, 0.6) is 0 Å². The summed E-state index contributed by atoms with van der Waals surface area (Å²) in [5.41, 5.74) is 1.58. The van der Waals surface area contributed by atoms with Gasteiger partial charge in [0.2, 0.25) is 0 Å². The maximum Gasteiger partial charge on any atom is -0.00706 e. The molecule has 1 aromatic carbocycles. The summed E-state index contributed by atoms with van der Waals surface area (Å²) in [6.45, 7) is 2.61. The molecule has 4 bridgehead atoms. The van der Waals surface area contributed by atoms with Crippen molar-refractivity contribution in [3.05, 3.63) is 35.9 Å². The van der Waals surface area contributed by atoms with Gasteiger partial charge in [0.25, 0.3) is 0 Å². The summed E-state index contributed by atoms with van der Waals surface area (Å²) in [5.74, 6) is 3.31. The Balaban J connectivity index is 1.55. The minimum atomic E-state index is 0.169. The molecular weight excluding hydrogens is 247 g/mol. The smallest absolute Gasteiger partial charge is 0.00706 e. The topological polar surface area (TPSA) is 0 Å². The first kappa shape index (κ1) is 12.4. The van der Waals surface area contributed by atoms with Gasteiger partial charge in [0.05, 0.1) is 0 Å². The van der Waals surface area contributed by atoms with Crippen LogP contribution < -0.4 is 0 Å². The van der Waals surface area contributed by atoms with Gasteiger partial charge in [-0.15, -0.1) is 0 Å². The van der Waals surface area contributed by atoms with E-state index in [9.17, 15) is 0 Å². The van der Waals surface area contributed by atoms with Crippen LogP contribution in [0.4, 0.5) is 0 Å². The third-order valence-corrected chi connectivity index (χ3v) is 9.08. The van der Waals surface area contributed by atoms with Gasteiger partial charge < -0.3 is 0 Å². The van der Waals surface area contributed by atoms with Crippen molar-refractivity contribution in [1.29, 1.82) is 0 Å². The number of benzene rings is 1. The number of hydrogen-bond acceptors (Lipinski definition) is 0. The van der Waals surface area contributed by atoms with Crippen LogP contribution >= 0.6 is 7.92 Å². The highest BCUT2D eigenvalue weighted by Crippen LogP contribution is 2.68. The largest absolute Gasteiger partial charge is 0.0990 e. The normalized spacial score (nSPS) is 41.4. The molecule has 102 valence electrons. The molecule has 4 aliphatic carbocycles. The van der Waals surface area contributed by atoms with Crippen LogP contribution in [0.3, 0.4) is 0 Å². The van der Waals surface area contributed by atoms with Gasteiger partial charge in [0.1, 0.15) is 0 Å². The Kier molecular flexibility index (Phi) is 2.99. The van der Waals surface area contributed by atoms with Crippen molar-refractivity contribution in [2.45, 2.75) is 49.8 Å². The van der Waals surface area contributed by atoms with Crippen LogP contribution in [-0.4, -0.2) is 11.8 Å². The van der Waals surface area contributed by atoms with Crippen molar-refractivity contribution < 1.29 is 0 Å². The summed E-state index contributed by atoms with van der Waals surface area (Å²) in [7, 11) is 0.169. The Morgan fingerprint density at radius 1 is 0.947 bits per heavy atom. The molecule has 1 atom stereocenters. The first-order chi connectivity index (χ1) is 9.23. The van der Waals surface area contributed by atoms with Crippen LogP contribution in [-0.2, 0) is 6.16 Å². The molecule has 4 saturated carbocycles. The third-order valence-electron chi connectivity index (χ3n) is 6.08. The summed E-state index contributed by atoms with van der Waals surface area (Å²) in [6, 6.07) is 11.2. The van der Waals surface area contributed by atoms with Crippen LogP contribution in [0.1, 0.15) is 44.1 Å². The van der Waals surface area contributed by atoms with E-state index in [1.165, 1.54) is 6.16 Å². The molecular formula is C18H25P. The molecule has 0 N–H and O–H groups in total. The molecule has 0 radical (unpaired) electrons. The van der Waals surface area contributed by atoms with E-state index in [4.69, 9.17) is 0 Å². The SMILES string of the molecule is C[P@@](Cc1ccccc1)C12CC3CC(CC(C3)C1)C2. The Morgan fingerprint density at radius 2 is 1.47 bits per heavy atom. The van der Waals surface area contributed by atoms with Crippen LogP contribution in [0.2, 0.25) is 0 Å². The third kappa shape index (κ3) is 2.17. The molecule has 19 heavy (non-hydrogen) atoms. The summed E-state index contributed by atoms with van der Waals surface area (Å²) in [4.78, 5) is 0. The predicted octanol–water partition coefficient (Wildman–Crippen LogP) is 5.27. The molecule has 4 aliphatic rings. The molecule has 1 aromatic rings. The zero-order chi connectivity index (χ0) is 12.9. The van der Waals surface area contributed by atoms with Gasteiger partial charge in [-0.3, -0.25) is 0 Å². The van der Waals surface area contributed by atoms with Crippen molar-refractivity contribution in [3.8, 4) is 0 Å². The Hall–Kier alpha value is -0.350. The van der Waals surface area contributed by atoms with Crippen molar-refractivity contribution in [3.63, 3.8) is 0 Å². The average Bonchev–Trinajstić information content (AvgIpc) is 2.38. The minimum absolute atomic E-state index is 0.169. The van der Waals surface area contributed by atoms with E-state index in [0.29, 0.717) is 0 Å². The number of hydrogen-bond donors (Lipinski definition) is 0. The van der Waals surface area contributed by atoms with E-state index in [-0.39, 0.29) is 7.92 Å². The zero-order valence-corrected chi connectivity index (χ0v) is 12.9. The van der Waals surface area contributed by atoms with Gasteiger partial charge in [-0.1, -0.05) is 38.3 Å². The number of rotatable bonds is 3. The fraction of sp³-hybridized carbons (Fsp3) is 0.667. The fourth-order valence-electron chi connectivity index (χ4n) is 5.56. The van der Waals surface area contributed by atoms with Gasteiger partial charge in [0.15, 0.2) is 0 Å². The molecule has 0 aromatic heterocycles. The average molecular weight is 272 g/mol. The fourth-order valence-corrected chi connectivity index (χ4v) is 8.36. The second-order valence-corrected chi connectivity index (χ2v) is 10.1. The second kappa shape index (κ2) is 4.59. The standard InChI is InChI=1S/C18H25P/c1-19(13-14-5-3-2-4-6-14)18-10-15-7-16(11-18)9-17(8-15)12-18/h2-6,15-17H,7-13H2,1H3/t15?,16?,17?,18?,19-/m0/s1. The Bertz CT molecular complexity index is 415. The molecule has 0 saturated heterocycles. The van der Waals surface area contributed by atoms with Gasteiger partial charge in [-0.25, -0.2) is 0 Å². The molecule has 4 fully saturated rings. The van der Waals surface area contributed by atoms with Crippen LogP contribution in [0.15, 0.2) is 30.3 Å². The highest BCUT2D eigenvalue weighted by atomic mass is 31.1. The van der Waals surface area contributed by atoms with Gasteiger partial charge >= 0.3 is 0 Å². The molecule has 0 unspecified atom stereocenters. The van der Waals surface area contributed by atoms with E-state index in [0.717, 1.165) is 22.9 Å². The van der Waals surface area contributed by atoms with E-state index < -0.39 is 0 Å². The van der Waals surface area contributed by atoms with Crippen LogP contribution in [0, 0.1) is 17.8 Å². The van der Waals surface area contributed by atoms with E-state index in [2.05, 4.69) is 37.0 Å². The highest BCUT2D eigenvalue weighted by Gasteiger charge is 2.52. The maximum atomic E-state index is 2.61. The summed E-state index contributed by atoms with van der Waals surface area (Å²) >= 11 is 0. The van der Waals surface area contributed by atoms with Crippen molar-refractivity contribution in [2.24, 2.45) is 17.8 Å². The van der Waals surface area contributed by atoms with Gasteiger partial charge in [-0.05, 0) is 79.8 Å². The molecule has 0 aliphatic heterocycles. The quantitative estimate of drug-likeness (QED) is 0.658. The zero-order valence-electron chi connectivity index (χ0n) is 12.0. The van der Waals surface area contributed by atoms with E-state index >= 15 is 0 Å². The lowest BCUT2D eigenvalue weighted by Gasteiger charge is -2.59. The lowest BCUT2D eigenvalue weighted by atomic mass is 9.56. The molecule has 0 spiro atoms. The Labute approximate surface area is 118 Å². The summed E-state index contributed by atoms with van der Waals surface area (Å²) in [5, 5.41) is 0.778. The summed E-state index contributed by atoms with van der Waals surface area (Å²) < 4.78 is 0. The van der Waals surface area contributed by atoms with E-state index in [1.807, 2.05) is 0 Å². The molecule has 0 amide bonds. The molecule has 0 nitrogen and oxygen atoms in total. The van der Waals surface area contributed by atoms with Crippen LogP contribution in [0.25, 0.3) is 0 Å². The van der Waals surface area contributed by atoms with Crippen molar-refractivity contribution >= 4 is 7.92 Å². The second-order valence-electron chi connectivity index (χ2n) is 7.48. The monoisotopic (exact) mass is 272 g/mol. The lowest BCUT2D eigenvalue weighted by molar-refractivity contribution is 0.0356. The molecule has 5 rings (SSSR count). The first-order valence-corrected chi connectivity index (χ1v) is 9.96. The lowest BCUT2D eigenvalue weighted by Crippen LogP contribution is -2.49. The van der Waals surface area contributed by atoms with E-state index in [1.54, 1.807) is 44.1 Å².